The number of carbonyl (C=O) groups is 3. The van der Waals surface area contributed by atoms with Crippen LogP contribution in [0.25, 0.3) is 0 Å². The van der Waals surface area contributed by atoms with E-state index in [2.05, 4.69) is 5.32 Å². The number of hydrogen-bond acceptors (Lipinski definition) is 3. The average Bonchev–Trinajstić information content (AvgIpc) is 2.56. The topological polar surface area (TPSA) is 92.5 Å². The zero-order valence-corrected chi connectivity index (χ0v) is 15.8. The molecule has 0 radical (unpaired) electrons. The van der Waals surface area contributed by atoms with Crippen molar-refractivity contribution in [3.8, 4) is 0 Å². The largest absolute Gasteiger partial charge is 0.368 e. The van der Waals surface area contributed by atoms with Crippen LogP contribution in [0.5, 0.6) is 0 Å². The first-order chi connectivity index (χ1) is 11.7. The second-order valence-corrected chi connectivity index (χ2v) is 6.81. The van der Waals surface area contributed by atoms with E-state index < -0.39 is 11.9 Å². The molecular formula is C18H26ClN3O3. The molecule has 1 aromatic carbocycles. The summed E-state index contributed by atoms with van der Waals surface area (Å²) in [4.78, 5) is 38.1. The van der Waals surface area contributed by atoms with Gasteiger partial charge in [0.2, 0.25) is 11.8 Å². The van der Waals surface area contributed by atoms with Crippen molar-refractivity contribution in [1.29, 1.82) is 0 Å². The van der Waals surface area contributed by atoms with Gasteiger partial charge in [0.05, 0.1) is 6.54 Å². The lowest BCUT2D eigenvalue weighted by molar-refractivity contribution is -0.139. The summed E-state index contributed by atoms with van der Waals surface area (Å²) in [6.07, 6.45) is 0.694. The van der Waals surface area contributed by atoms with E-state index in [1.165, 1.54) is 4.90 Å². The van der Waals surface area contributed by atoms with Gasteiger partial charge in [0, 0.05) is 16.6 Å². The molecule has 2 atom stereocenters. The Hall–Kier alpha value is -2.08. The predicted molar refractivity (Wildman–Crippen MR) is 98.2 cm³/mol. The van der Waals surface area contributed by atoms with Crippen LogP contribution < -0.4 is 11.1 Å². The minimum atomic E-state index is -0.741. The molecule has 7 heteroatoms. The Bertz CT molecular complexity index is 616. The molecule has 3 N–H and O–H groups in total. The van der Waals surface area contributed by atoms with Gasteiger partial charge in [-0.3, -0.25) is 14.4 Å². The number of benzene rings is 1. The highest BCUT2D eigenvalue weighted by Gasteiger charge is 2.32. The van der Waals surface area contributed by atoms with Crippen molar-refractivity contribution in [2.24, 2.45) is 11.7 Å². The number of primary amides is 1. The van der Waals surface area contributed by atoms with Gasteiger partial charge in [0.25, 0.3) is 5.91 Å². The SMILES string of the molecule is CCC(C)C(NC(=O)c1ccc(Cl)cc1)C(=O)N(CC(N)=O)C(C)C. The van der Waals surface area contributed by atoms with Crippen LogP contribution in [0.1, 0.15) is 44.5 Å². The van der Waals surface area contributed by atoms with Gasteiger partial charge >= 0.3 is 0 Å². The number of rotatable bonds is 8. The summed E-state index contributed by atoms with van der Waals surface area (Å²) in [5, 5.41) is 3.31. The molecular weight excluding hydrogens is 342 g/mol. The fraction of sp³-hybridized carbons (Fsp3) is 0.500. The molecule has 0 aromatic heterocycles. The van der Waals surface area contributed by atoms with E-state index in [0.717, 1.165) is 0 Å². The summed E-state index contributed by atoms with van der Waals surface area (Å²) in [5.41, 5.74) is 5.66. The predicted octanol–water partition coefficient (Wildman–Crippen LogP) is 2.21. The van der Waals surface area contributed by atoms with Crippen LogP contribution in [0.3, 0.4) is 0 Å². The quantitative estimate of drug-likeness (QED) is 0.737. The van der Waals surface area contributed by atoms with E-state index in [0.29, 0.717) is 17.0 Å². The minimum absolute atomic E-state index is 0.0992. The standard InChI is InChI=1S/C18H26ClN3O3/c1-5-12(4)16(18(25)22(11(2)3)10-15(20)23)21-17(24)13-6-8-14(19)9-7-13/h6-9,11-12,16H,5,10H2,1-4H3,(H2,20,23)(H,21,24). The van der Waals surface area contributed by atoms with Gasteiger partial charge in [0.15, 0.2) is 0 Å². The second kappa shape index (κ2) is 9.42. The average molecular weight is 368 g/mol. The highest BCUT2D eigenvalue weighted by atomic mass is 35.5. The van der Waals surface area contributed by atoms with E-state index in [1.807, 2.05) is 13.8 Å². The Morgan fingerprint density at radius 1 is 1.16 bits per heavy atom. The van der Waals surface area contributed by atoms with E-state index in [9.17, 15) is 14.4 Å². The minimum Gasteiger partial charge on any atom is -0.368 e. The monoisotopic (exact) mass is 367 g/mol. The molecule has 0 spiro atoms. The molecule has 0 bridgehead atoms. The number of halogens is 1. The number of nitrogens with one attached hydrogen (secondary N) is 1. The summed E-state index contributed by atoms with van der Waals surface area (Å²) in [5.74, 6) is -1.37. The maximum atomic E-state index is 12.9. The summed E-state index contributed by atoms with van der Waals surface area (Å²) >= 11 is 5.83. The maximum absolute atomic E-state index is 12.9. The van der Waals surface area contributed by atoms with Crippen molar-refractivity contribution >= 4 is 29.3 Å². The summed E-state index contributed by atoms with van der Waals surface area (Å²) in [7, 11) is 0. The normalized spacial score (nSPS) is 13.2. The second-order valence-electron chi connectivity index (χ2n) is 6.37. The van der Waals surface area contributed by atoms with Crippen molar-refractivity contribution in [1.82, 2.24) is 10.2 Å². The van der Waals surface area contributed by atoms with E-state index in [4.69, 9.17) is 17.3 Å². The molecule has 0 aliphatic heterocycles. The molecule has 0 aliphatic carbocycles. The Balaban J connectivity index is 3.02. The lowest BCUT2D eigenvalue weighted by Gasteiger charge is -2.32. The van der Waals surface area contributed by atoms with Crippen LogP contribution in [0.4, 0.5) is 0 Å². The molecule has 138 valence electrons. The van der Waals surface area contributed by atoms with E-state index >= 15 is 0 Å². The van der Waals surface area contributed by atoms with Crippen LogP contribution in [0.2, 0.25) is 5.02 Å². The fourth-order valence-corrected chi connectivity index (χ4v) is 2.50. The first-order valence-electron chi connectivity index (χ1n) is 8.32. The lowest BCUT2D eigenvalue weighted by Crippen LogP contribution is -2.55. The Morgan fingerprint density at radius 2 is 1.72 bits per heavy atom. The van der Waals surface area contributed by atoms with Crippen LogP contribution in [-0.2, 0) is 9.59 Å². The Kier molecular flexibility index (Phi) is 7.90. The third-order valence-electron chi connectivity index (χ3n) is 4.10. The molecule has 0 aliphatic rings. The molecule has 0 fully saturated rings. The first kappa shape index (κ1) is 21.0. The summed E-state index contributed by atoms with van der Waals surface area (Å²) in [6, 6.07) is 5.47. The first-order valence-corrected chi connectivity index (χ1v) is 8.70. The van der Waals surface area contributed by atoms with Gasteiger partial charge in [-0.1, -0.05) is 31.9 Å². The molecule has 6 nitrogen and oxygen atoms in total. The van der Waals surface area contributed by atoms with Gasteiger partial charge in [-0.2, -0.15) is 0 Å². The summed E-state index contributed by atoms with van der Waals surface area (Å²) < 4.78 is 0. The van der Waals surface area contributed by atoms with Crippen molar-refractivity contribution in [2.75, 3.05) is 6.54 Å². The zero-order chi connectivity index (χ0) is 19.1. The number of carbonyl (C=O) groups excluding carboxylic acids is 3. The Labute approximate surface area is 153 Å². The molecule has 25 heavy (non-hydrogen) atoms. The number of hydrogen-bond donors (Lipinski definition) is 2. The number of amides is 3. The fourth-order valence-electron chi connectivity index (χ4n) is 2.37. The molecule has 0 saturated carbocycles. The van der Waals surface area contributed by atoms with Crippen LogP contribution >= 0.6 is 11.6 Å². The highest BCUT2D eigenvalue weighted by molar-refractivity contribution is 6.30. The van der Waals surface area contributed by atoms with Crippen molar-refractivity contribution in [3.63, 3.8) is 0 Å². The number of nitrogens with two attached hydrogens (primary N) is 1. The zero-order valence-electron chi connectivity index (χ0n) is 15.1. The smallest absolute Gasteiger partial charge is 0.251 e. The van der Waals surface area contributed by atoms with E-state index in [-0.39, 0.29) is 30.3 Å². The van der Waals surface area contributed by atoms with Crippen LogP contribution in [-0.4, -0.2) is 41.2 Å². The van der Waals surface area contributed by atoms with Gasteiger partial charge in [0.1, 0.15) is 6.04 Å². The van der Waals surface area contributed by atoms with Gasteiger partial charge in [-0.05, 0) is 44.0 Å². The van der Waals surface area contributed by atoms with Gasteiger partial charge in [-0.25, -0.2) is 0 Å². The molecule has 3 amide bonds. The van der Waals surface area contributed by atoms with Gasteiger partial charge < -0.3 is 16.0 Å². The lowest BCUT2D eigenvalue weighted by atomic mass is 9.96. The van der Waals surface area contributed by atoms with Crippen molar-refractivity contribution < 1.29 is 14.4 Å². The van der Waals surface area contributed by atoms with E-state index in [1.54, 1.807) is 38.1 Å². The third kappa shape index (κ3) is 6.05. The third-order valence-corrected chi connectivity index (χ3v) is 4.36. The van der Waals surface area contributed by atoms with Crippen LogP contribution in [0.15, 0.2) is 24.3 Å². The molecule has 0 saturated heterocycles. The number of nitrogens with zero attached hydrogens (tertiary/aromatic N) is 1. The van der Waals surface area contributed by atoms with Crippen LogP contribution in [0, 0.1) is 5.92 Å². The maximum Gasteiger partial charge on any atom is 0.251 e. The molecule has 1 rings (SSSR count). The highest BCUT2D eigenvalue weighted by Crippen LogP contribution is 2.15. The summed E-state index contributed by atoms with van der Waals surface area (Å²) in [6.45, 7) is 7.24. The molecule has 2 unspecified atom stereocenters. The molecule has 0 heterocycles. The van der Waals surface area contributed by atoms with Crippen molar-refractivity contribution in [3.05, 3.63) is 34.9 Å². The van der Waals surface area contributed by atoms with Crippen molar-refractivity contribution in [2.45, 2.75) is 46.2 Å². The Morgan fingerprint density at radius 3 is 2.16 bits per heavy atom. The van der Waals surface area contributed by atoms with Gasteiger partial charge in [-0.15, -0.1) is 0 Å². The molecule has 1 aromatic rings.